The predicted molar refractivity (Wildman–Crippen MR) is 62.3 cm³/mol. The molecule has 0 unspecified atom stereocenters. The molecule has 0 spiro atoms. The first-order valence-corrected chi connectivity index (χ1v) is 7.66. The van der Waals surface area contributed by atoms with Crippen LogP contribution >= 0.6 is 11.1 Å². The van der Waals surface area contributed by atoms with Gasteiger partial charge in [-0.25, -0.2) is 0 Å². The lowest BCUT2D eigenvalue weighted by molar-refractivity contribution is 0.423. The molecule has 0 atom stereocenters. The van der Waals surface area contributed by atoms with Gasteiger partial charge in [0.05, 0.1) is 0 Å². The summed E-state index contributed by atoms with van der Waals surface area (Å²) in [4.78, 5) is 0. The second-order valence-electron chi connectivity index (χ2n) is 3.45. The van der Waals surface area contributed by atoms with Crippen LogP contribution in [0.2, 0.25) is 0 Å². The van der Waals surface area contributed by atoms with Crippen molar-refractivity contribution < 1.29 is 4.43 Å². The van der Waals surface area contributed by atoms with E-state index in [1.165, 1.54) is 10.4 Å². The van der Waals surface area contributed by atoms with Crippen molar-refractivity contribution in [3.63, 3.8) is 0 Å². The number of hydrogen-bond donors (Lipinski definition) is 0. The molecule has 0 amide bonds. The molecule has 0 saturated carbocycles. The van der Waals surface area contributed by atoms with Gasteiger partial charge in [-0.15, -0.1) is 11.1 Å². The van der Waals surface area contributed by atoms with E-state index in [0.717, 1.165) is 12.8 Å². The summed E-state index contributed by atoms with van der Waals surface area (Å²) >= 11 is 6.64. The average Bonchev–Trinajstić information content (AvgIpc) is 2.88. The van der Waals surface area contributed by atoms with E-state index in [-0.39, 0.29) is 0 Å². The smallest absolute Gasteiger partial charge is 0.347 e. The van der Waals surface area contributed by atoms with E-state index in [4.69, 9.17) is 15.5 Å². The van der Waals surface area contributed by atoms with Crippen LogP contribution in [0.1, 0.15) is 12.8 Å². The molecule has 2 aliphatic carbocycles. The fourth-order valence-corrected chi connectivity index (χ4v) is 5.00. The zero-order chi connectivity index (χ0) is 10.0. The lowest BCUT2D eigenvalue weighted by Crippen LogP contribution is -2.35. The first kappa shape index (κ1) is 9.96. The Labute approximate surface area is 90.2 Å². The highest BCUT2D eigenvalue weighted by atomic mass is 35.6. The van der Waals surface area contributed by atoms with Gasteiger partial charge in [-0.2, -0.15) is 0 Å². The SMILES string of the molecule is CO[Si](Cl)(C1=CC=CC1)C1=CC=CC1. The van der Waals surface area contributed by atoms with Gasteiger partial charge in [-0.05, 0) is 23.2 Å². The zero-order valence-electron chi connectivity index (χ0n) is 8.16. The Balaban J connectivity index is 2.25. The van der Waals surface area contributed by atoms with E-state index in [1.54, 1.807) is 7.11 Å². The molecule has 0 aromatic heterocycles. The highest BCUT2D eigenvalue weighted by Crippen LogP contribution is 2.36. The van der Waals surface area contributed by atoms with Gasteiger partial charge in [0.2, 0.25) is 0 Å². The van der Waals surface area contributed by atoms with Crippen LogP contribution in [0.3, 0.4) is 0 Å². The molecule has 0 bridgehead atoms. The van der Waals surface area contributed by atoms with Gasteiger partial charge in [0.15, 0.2) is 0 Å². The van der Waals surface area contributed by atoms with E-state index in [1.807, 2.05) is 0 Å². The van der Waals surface area contributed by atoms with Crippen molar-refractivity contribution >= 4 is 18.7 Å². The summed E-state index contributed by atoms with van der Waals surface area (Å²) in [5.74, 6) is 0. The van der Waals surface area contributed by atoms with E-state index < -0.39 is 7.63 Å². The Morgan fingerprint density at radius 2 is 1.64 bits per heavy atom. The van der Waals surface area contributed by atoms with Gasteiger partial charge >= 0.3 is 7.63 Å². The second kappa shape index (κ2) is 3.89. The van der Waals surface area contributed by atoms with Gasteiger partial charge in [-0.1, -0.05) is 36.5 Å². The fraction of sp³-hybridized carbons (Fsp3) is 0.273. The Morgan fingerprint density at radius 3 is 1.93 bits per heavy atom. The van der Waals surface area contributed by atoms with Crippen molar-refractivity contribution in [3.05, 3.63) is 46.8 Å². The molecule has 0 N–H and O–H groups in total. The van der Waals surface area contributed by atoms with Crippen LogP contribution in [0.5, 0.6) is 0 Å². The molecule has 3 heteroatoms. The molecule has 0 aromatic carbocycles. The molecule has 0 aromatic rings. The third kappa shape index (κ3) is 1.54. The Hall–Kier alpha value is -0.573. The highest BCUT2D eigenvalue weighted by molar-refractivity contribution is 7.24. The van der Waals surface area contributed by atoms with Crippen LogP contribution in [-0.4, -0.2) is 14.7 Å². The van der Waals surface area contributed by atoms with Crippen LogP contribution in [0.15, 0.2) is 46.8 Å². The molecule has 2 rings (SSSR count). The number of halogens is 1. The molecular formula is C11H13ClOSi. The van der Waals surface area contributed by atoms with Crippen molar-refractivity contribution in [1.82, 2.24) is 0 Å². The van der Waals surface area contributed by atoms with Crippen LogP contribution in [0.25, 0.3) is 0 Å². The third-order valence-electron chi connectivity index (χ3n) is 2.65. The Kier molecular flexibility index (Phi) is 2.77. The quantitative estimate of drug-likeness (QED) is 0.529. The molecule has 1 nitrogen and oxygen atoms in total. The Morgan fingerprint density at radius 1 is 1.14 bits per heavy atom. The summed E-state index contributed by atoms with van der Waals surface area (Å²) in [6.07, 6.45) is 14.5. The number of allylic oxidation sites excluding steroid dienone is 8. The number of hydrogen-bond acceptors (Lipinski definition) is 1. The van der Waals surface area contributed by atoms with Gasteiger partial charge in [-0.3, -0.25) is 0 Å². The minimum absolute atomic E-state index is 0.945. The summed E-state index contributed by atoms with van der Waals surface area (Å²) in [6.45, 7) is 0. The van der Waals surface area contributed by atoms with Crippen LogP contribution in [0, 0.1) is 0 Å². The first-order chi connectivity index (χ1) is 6.77. The maximum Gasteiger partial charge on any atom is 0.347 e. The average molecular weight is 225 g/mol. The molecule has 2 aliphatic rings. The third-order valence-corrected chi connectivity index (χ3v) is 7.53. The molecule has 14 heavy (non-hydrogen) atoms. The summed E-state index contributed by atoms with van der Waals surface area (Å²) in [5.41, 5.74) is 0. The maximum atomic E-state index is 6.64. The van der Waals surface area contributed by atoms with Crippen molar-refractivity contribution in [2.45, 2.75) is 12.8 Å². The topological polar surface area (TPSA) is 9.23 Å². The Bertz CT molecular complexity index is 322. The lowest BCUT2D eigenvalue weighted by atomic mass is 10.5. The molecule has 0 aliphatic heterocycles. The van der Waals surface area contributed by atoms with Crippen LogP contribution in [0.4, 0.5) is 0 Å². The molecule has 0 heterocycles. The van der Waals surface area contributed by atoms with Crippen molar-refractivity contribution in [1.29, 1.82) is 0 Å². The van der Waals surface area contributed by atoms with Gasteiger partial charge in [0.25, 0.3) is 0 Å². The van der Waals surface area contributed by atoms with E-state index in [2.05, 4.69) is 36.5 Å². The van der Waals surface area contributed by atoms with Gasteiger partial charge < -0.3 is 4.43 Å². The predicted octanol–water partition coefficient (Wildman–Crippen LogP) is 3.16. The normalized spacial score (nSPS) is 20.1. The summed E-state index contributed by atoms with van der Waals surface area (Å²) in [7, 11) is -0.568. The maximum absolute atomic E-state index is 6.64. The number of rotatable bonds is 3. The van der Waals surface area contributed by atoms with Crippen LogP contribution < -0.4 is 0 Å². The standard InChI is InChI=1S/C11H13ClOSi/c1-13-14(12,10-6-2-3-7-10)11-8-4-5-9-11/h2-6,8H,7,9H2,1H3. The largest absolute Gasteiger partial charge is 0.400 e. The minimum Gasteiger partial charge on any atom is -0.400 e. The van der Waals surface area contributed by atoms with Crippen molar-refractivity contribution in [2.75, 3.05) is 7.11 Å². The lowest BCUT2D eigenvalue weighted by Gasteiger charge is -2.25. The first-order valence-electron chi connectivity index (χ1n) is 4.74. The minimum atomic E-state index is -2.29. The molecular weight excluding hydrogens is 212 g/mol. The molecule has 0 fully saturated rings. The second-order valence-corrected chi connectivity index (χ2v) is 7.93. The van der Waals surface area contributed by atoms with E-state index in [0.29, 0.717) is 0 Å². The molecule has 0 saturated heterocycles. The zero-order valence-corrected chi connectivity index (χ0v) is 9.92. The monoisotopic (exact) mass is 224 g/mol. The van der Waals surface area contributed by atoms with Gasteiger partial charge in [0, 0.05) is 7.11 Å². The van der Waals surface area contributed by atoms with Crippen molar-refractivity contribution in [3.8, 4) is 0 Å². The van der Waals surface area contributed by atoms with Crippen LogP contribution in [-0.2, 0) is 4.43 Å². The molecule has 0 radical (unpaired) electrons. The summed E-state index contributed by atoms with van der Waals surface area (Å²) in [6, 6.07) is 0. The fourth-order valence-electron chi connectivity index (χ4n) is 1.84. The van der Waals surface area contributed by atoms with E-state index in [9.17, 15) is 0 Å². The van der Waals surface area contributed by atoms with Gasteiger partial charge in [0.1, 0.15) is 0 Å². The van der Waals surface area contributed by atoms with Crippen molar-refractivity contribution in [2.24, 2.45) is 0 Å². The summed E-state index contributed by atoms with van der Waals surface area (Å²) < 4.78 is 5.59. The molecule has 74 valence electrons. The highest BCUT2D eigenvalue weighted by Gasteiger charge is 2.40. The summed E-state index contributed by atoms with van der Waals surface area (Å²) in [5, 5.41) is 2.52. The van der Waals surface area contributed by atoms with E-state index >= 15 is 0 Å².